The molecule has 0 radical (unpaired) electrons. The van der Waals surface area contributed by atoms with E-state index in [1.165, 1.54) is 12.7 Å². The monoisotopic (exact) mass is 638 g/mol. The largest absolute Gasteiger partial charge is 0.469 e. The molecule has 2 saturated heterocycles. The summed E-state index contributed by atoms with van der Waals surface area (Å²) in [7, 11) is 1.44. The van der Waals surface area contributed by atoms with Gasteiger partial charge in [0.05, 0.1) is 19.3 Å². The van der Waals surface area contributed by atoms with Gasteiger partial charge in [-0.25, -0.2) is 0 Å². The van der Waals surface area contributed by atoms with Crippen molar-refractivity contribution in [2.45, 2.75) is 134 Å². The zero-order valence-corrected chi connectivity index (χ0v) is 27.7. The van der Waals surface area contributed by atoms with Crippen LogP contribution in [-0.2, 0) is 28.5 Å². The number of alkyl halides is 1. The molecule has 0 aromatic carbocycles. The van der Waals surface area contributed by atoms with E-state index in [-0.39, 0.29) is 42.1 Å². The van der Waals surface area contributed by atoms with Gasteiger partial charge in [0.25, 0.3) is 0 Å². The highest BCUT2D eigenvalue weighted by molar-refractivity contribution is 9.09. The van der Waals surface area contributed by atoms with Gasteiger partial charge in [0.1, 0.15) is 0 Å². The summed E-state index contributed by atoms with van der Waals surface area (Å²) < 4.78 is 30.1. The van der Waals surface area contributed by atoms with Gasteiger partial charge in [-0.15, -0.1) is 0 Å². The van der Waals surface area contributed by atoms with Gasteiger partial charge in [-0.1, -0.05) is 65.7 Å². The smallest absolute Gasteiger partial charge is 0.305 e. The normalized spacial score (nSPS) is 30.1. The molecule has 2 aliphatic heterocycles. The Morgan fingerprint density at radius 2 is 1.76 bits per heavy atom. The van der Waals surface area contributed by atoms with E-state index in [0.29, 0.717) is 17.2 Å². The second-order valence-electron chi connectivity index (χ2n) is 12.9. The molecule has 7 atom stereocenters. The highest BCUT2D eigenvalue weighted by atomic mass is 79.9. The van der Waals surface area contributed by atoms with Crippen LogP contribution in [0, 0.1) is 17.3 Å². The summed E-state index contributed by atoms with van der Waals surface area (Å²) >= 11 is 4.02. The van der Waals surface area contributed by atoms with Gasteiger partial charge in [0.15, 0.2) is 12.6 Å². The van der Waals surface area contributed by atoms with Crippen LogP contribution in [-0.4, -0.2) is 55.9 Å². The first-order valence-corrected chi connectivity index (χ1v) is 16.8. The number of unbranched alkanes of at least 4 members (excludes halogenated alkanes) is 1. The van der Waals surface area contributed by atoms with Crippen molar-refractivity contribution in [3.05, 3.63) is 36.0 Å². The number of halogens is 1. The van der Waals surface area contributed by atoms with Crippen molar-refractivity contribution in [3.63, 3.8) is 0 Å². The van der Waals surface area contributed by atoms with Crippen LogP contribution in [0.2, 0.25) is 0 Å². The fourth-order valence-corrected chi connectivity index (χ4v) is 6.86. The van der Waals surface area contributed by atoms with E-state index in [1.54, 1.807) is 0 Å². The number of hydrogen-bond donors (Lipinski definition) is 0. The van der Waals surface area contributed by atoms with Crippen LogP contribution in [0.15, 0.2) is 36.0 Å². The lowest BCUT2D eigenvalue weighted by Crippen LogP contribution is -2.36. The molecule has 3 rings (SSSR count). The average Bonchev–Trinajstić information content (AvgIpc) is 3.25. The molecule has 0 spiro atoms. The molecule has 0 amide bonds. The SMILES string of the molecule is COC(=O)CCC/C=C\C[C@@H]1[C@@H](/C=C/[C@@H](OC2CCCCO2)C(C)(C)CC=C(C)C)[C@H](OC2CCCCO2)C[C@H]1Br. The maximum Gasteiger partial charge on any atom is 0.305 e. The predicted octanol–water partition coefficient (Wildman–Crippen LogP) is 8.44. The van der Waals surface area contributed by atoms with E-state index in [1.807, 2.05) is 0 Å². The fourth-order valence-electron chi connectivity index (χ4n) is 5.92. The number of carbonyl (C=O) groups excluding carboxylic acids is 1. The average molecular weight is 640 g/mol. The minimum absolute atomic E-state index is 0.0725. The van der Waals surface area contributed by atoms with E-state index in [9.17, 15) is 4.79 Å². The molecule has 0 N–H and O–H groups in total. The molecule has 234 valence electrons. The zero-order valence-electron chi connectivity index (χ0n) is 26.2. The highest BCUT2D eigenvalue weighted by Crippen LogP contribution is 2.43. The first kappa shape index (κ1) is 34.5. The third-order valence-corrected chi connectivity index (χ3v) is 9.67. The van der Waals surface area contributed by atoms with Crippen molar-refractivity contribution >= 4 is 21.9 Å². The van der Waals surface area contributed by atoms with Crippen molar-refractivity contribution < 1.29 is 28.5 Å². The quantitative estimate of drug-likeness (QED) is 0.0776. The lowest BCUT2D eigenvalue weighted by atomic mass is 9.81. The molecule has 1 aliphatic carbocycles. The van der Waals surface area contributed by atoms with Gasteiger partial charge in [-0.3, -0.25) is 4.79 Å². The van der Waals surface area contributed by atoms with E-state index in [0.717, 1.165) is 83.8 Å². The summed E-state index contributed by atoms with van der Waals surface area (Å²) in [5, 5.41) is 0. The van der Waals surface area contributed by atoms with Gasteiger partial charge < -0.3 is 23.7 Å². The van der Waals surface area contributed by atoms with Gasteiger partial charge >= 0.3 is 5.97 Å². The lowest BCUT2D eigenvalue weighted by molar-refractivity contribution is -0.197. The highest BCUT2D eigenvalue weighted by Gasteiger charge is 2.42. The zero-order chi connectivity index (χ0) is 29.7. The second-order valence-corrected chi connectivity index (χ2v) is 14.0. The minimum atomic E-state index is -0.150. The molecule has 7 heteroatoms. The molecule has 41 heavy (non-hydrogen) atoms. The maximum absolute atomic E-state index is 11.4. The Morgan fingerprint density at radius 3 is 2.39 bits per heavy atom. The van der Waals surface area contributed by atoms with E-state index >= 15 is 0 Å². The summed E-state index contributed by atoms with van der Waals surface area (Å²) in [5.74, 6) is 0.485. The number of hydrogen-bond acceptors (Lipinski definition) is 6. The topological polar surface area (TPSA) is 63.2 Å². The Morgan fingerprint density at radius 1 is 1.05 bits per heavy atom. The minimum Gasteiger partial charge on any atom is -0.469 e. The first-order valence-electron chi connectivity index (χ1n) is 15.9. The number of ether oxygens (including phenoxy) is 5. The van der Waals surface area contributed by atoms with Gasteiger partial charge in [-0.05, 0) is 95.8 Å². The molecule has 1 saturated carbocycles. The van der Waals surface area contributed by atoms with Crippen LogP contribution in [0.4, 0.5) is 0 Å². The first-order chi connectivity index (χ1) is 19.7. The molecule has 3 fully saturated rings. The van der Waals surface area contributed by atoms with Crippen LogP contribution < -0.4 is 0 Å². The number of methoxy groups -OCH3 is 1. The van der Waals surface area contributed by atoms with E-state index in [4.69, 9.17) is 23.7 Å². The summed E-state index contributed by atoms with van der Waals surface area (Å²) in [4.78, 5) is 11.8. The molecule has 0 aromatic rings. The summed E-state index contributed by atoms with van der Waals surface area (Å²) in [6.45, 7) is 10.5. The third kappa shape index (κ3) is 11.9. The number of carbonyl (C=O) groups is 1. The third-order valence-electron chi connectivity index (χ3n) is 8.62. The maximum atomic E-state index is 11.4. The number of rotatable bonds is 15. The summed E-state index contributed by atoms with van der Waals surface area (Å²) in [5.41, 5.74) is 1.24. The Hall–Kier alpha value is -0.990. The lowest BCUT2D eigenvalue weighted by Gasteiger charge is -2.36. The van der Waals surface area contributed by atoms with Crippen molar-refractivity contribution in [3.8, 4) is 0 Å². The van der Waals surface area contributed by atoms with Crippen LogP contribution in [0.1, 0.15) is 105 Å². The van der Waals surface area contributed by atoms with Crippen LogP contribution in [0.5, 0.6) is 0 Å². The van der Waals surface area contributed by atoms with Gasteiger partial charge in [0, 0.05) is 30.4 Å². The van der Waals surface area contributed by atoms with E-state index in [2.05, 4.69) is 74.0 Å². The van der Waals surface area contributed by atoms with Crippen molar-refractivity contribution in [1.82, 2.24) is 0 Å². The van der Waals surface area contributed by atoms with Crippen molar-refractivity contribution in [1.29, 1.82) is 0 Å². The molecule has 2 unspecified atom stereocenters. The Balaban J connectivity index is 1.77. The standard InChI is InChI=1S/C34H55BrO6/c1-25(2)20-21-34(3,4)30(41-33-17-11-13-23-39-33)19-18-27-26(14-8-6-7-9-15-31(36)37-5)28(35)24-29(27)40-32-16-10-12-22-38-32/h6,8,18-20,26-30,32-33H,7,9-17,21-24H2,1-5H3/b8-6-,19-18+/t26-,27-,28-,29-,30-,32?,33?/m1/s1. The molecule has 6 nitrogen and oxygen atoms in total. The molecular weight excluding hydrogens is 584 g/mol. The summed E-state index contributed by atoms with van der Waals surface area (Å²) in [6.07, 6.45) is 22.7. The Labute approximate surface area is 257 Å². The predicted molar refractivity (Wildman–Crippen MR) is 168 cm³/mol. The molecule has 2 heterocycles. The van der Waals surface area contributed by atoms with Crippen LogP contribution >= 0.6 is 15.9 Å². The molecule has 0 bridgehead atoms. The fraction of sp³-hybridized carbons (Fsp3) is 0.794. The van der Waals surface area contributed by atoms with Crippen molar-refractivity contribution in [2.24, 2.45) is 17.3 Å². The van der Waals surface area contributed by atoms with Crippen LogP contribution in [0.3, 0.4) is 0 Å². The van der Waals surface area contributed by atoms with Crippen LogP contribution in [0.25, 0.3) is 0 Å². The molecule has 3 aliphatic rings. The van der Waals surface area contributed by atoms with Gasteiger partial charge in [0.2, 0.25) is 0 Å². The van der Waals surface area contributed by atoms with E-state index < -0.39 is 0 Å². The Bertz CT molecular complexity index is 851. The number of allylic oxidation sites excluding steroid dienone is 4. The molecular formula is C34H55BrO6. The number of esters is 1. The molecule has 0 aromatic heterocycles. The summed E-state index contributed by atoms with van der Waals surface area (Å²) in [6, 6.07) is 0. The van der Waals surface area contributed by atoms with Gasteiger partial charge in [-0.2, -0.15) is 0 Å². The second kappa shape index (κ2) is 18.0. The van der Waals surface area contributed by atoms with Crippen molar-refractivity contribution in [2.75, 3.05) is 20.3 Å². The Kier molecular flexibility index (Phi) is 15.1.